The number of fused-ring (bicyclic) bond motifs is 2. The molecule has 0 aromatic carbocycles. The lowest BCUT2D eigenvalue weighted by atomic mass is 10.2. The second-order valence-corrected chi connectivity index (χ2v) is 5.98. The molecule has 140 valence electrons. The third-order valence-electron chi connectivity index (χ3n) is 4.22. The van der Waals surface area contributed by atoms with Crippen molar-refractivity contribution >= 4 is 28.4 Å². The lowest BCUT2D eigenvalue weighted by Crippen LogP contribution is -2.10. The quantitative estimate of drug-likeness (QED) is 0.530. The Kier molecular flexibility index (Phi) is 4.26. The predicted octanol–water partition coefficient (Wildman–Crippen LogP) is 1.86. The molecule has 4 heterocycles. The fraction of sp³-hybridized carbons (Fsp3) is 0.312. The minimum Gasteiger partial charge on any atom is -0.371 e. The van der Waals surface area contributed by atoms with Crippen molar-refractivity contribution in [3.05, 3.63) is 24.4 Å². The highest BCUT2D eigenvalue weighted by molar-refractivity contribution is 5.89. The maximum atomic E-state index is 13.2. The van der Waals surface area contributed by atoms with E-state index in [2.05, 4.69) is 30.7 Å². The molecule has 4 aromatic heterocycles. The van der Waals surface area contributed by atoms with Crippen LogP contribution in [0.2, 0.25) is 0 Å². The van der Waals surface area contributed by atoms with Crippen molar-refractivity contribution in [1.29, 1.82) is 0 Å². The van der Waals surface area contributed by atoms with E-state index in [1.165, 1.54) is 4.68 Å². The summed E-state index contributed by atoms with van der Waals surface area (Å²) < 4.78 is 28.7. The number of halogens is 2. The van der Waals surface area contributed by atoms with Gasteiger partial charge in [-0.05, 0) is 18.2 Å². The number of nitrogens with one attached hydrogen (secondary N) is 1. The summed E-state index contributed by atoms with van der Waals surface area (Å²) in [6.07, 6.45) is 0.246. The number of anilines is 2. The SMILES string of the molecule is CNc1nc(N)nn2ccc(-c3ccc4nnn(CCC(F)CF)c4n3)c12. The topological polar surface area (TPSA) is 112 Å². The maximum Gasteiger partial charge on any atom is 0.240 e. The van der Waals surface area contributed by atoms with Crippen LogP contribution in [0.15, 0.2) is 24.4 Å². The van der Waals surface area contributed by atoms with Gasteiger partial charge in [-0.3, -0.25) is 0 Å². The van der Waals surface area contributed by atoms with E-state index in [0.717, 1.165) is 11.1 Å². The fourth-order valence-corrected chi connectivity index (χ4v) is 2.92. The lowest BCUT2D eigenvalue weighted by molar-refractivity contribution is 0.236. The van der Waals surface area contributed by atoms with Crippen LogP contribution in [0, 0.1) is 0 Å². The molecular formula is C16H17F2N9. The van der Waals surface area contributed by atoms with Gasteiger partial charge in [0.2, 0.25) is 5.95 Å². The number of nitrogens with two attached hydrogens (primary N) is 1. The largest absolute Gasteiger partial charge is 0.371 e. The highest BCUT2D eigenvalue weighted by Crippen LogP contribution is 2.29. The van der Waals surface area contributed by atoms with Gasteiger partial charge >= 0.3 is 0 Å². The highest BCUT2D eigenvalue weighted by atomic mass is 19.2. The van der Waals surface area contributed by atoms with Gasteiger partial charge in [-0.2, -0.15) is 4.98 Å². The number of hydrogen-bond donors (Lipinski definition) is 2. The van der Waals surface area contributed by atoms with Gasteiger partial charge in [0.1, 0.15) is 23.9 Å². The number of rotatable bonds is 6. The molecule has 11 heteroatoms. The Bertz CT molecular complexity index is 1100. The molecule has 0 saturated heterocycles. The summed E-state index contributed by atoms with van der Waals surface area (Å²) in [6.45, 7) is -0.825. The summed E-state index contributed by atoms with van der Waals surface area (Å²) in [5.74, 6) is 0.715. The van der Waals surface area contributed by atoms with Crippen molar-refractivity contribution in [3.63, 3.8) is 0 Å². The molecule has 0 aliphatic rings. The van der Waals surface area contributed by atoms with Crippen molar-refractivity contribution in [2.75, 3.05) is 24.8 Å². The van der Waals surface area contributed by atoms with Crippen molar-refractivity contribution in [3.8, 4) is 11.3 Å². The Morgan fingerprint density at radius 3 is 2.89 bits per heavy atom. The summed E-state index contributed by atoms with van der Waals surface area (Å²) in [5, 5.41) is 15.2. The van der Waals surface area contributed by atoms with Gasteiger partial charge in [0.25, 0.3) is 0 Å². The van der Waals surface area contributed by atoms with E-state index < -0.39 is 12.8 Å². The molecule has 1 atom stereocenters. The molecule has 1 unspecified atom stereocenters. The Hall–Kier alpha value is -3.37. The van der Waals surface area contributed by atoms with Crippen molar-refractivity contribution in [2.24, 2.45) is 0 Å². The van der Waals surface area contributed by atoms with Crippen LogP contribution in [0.25, 0.3) is 27.9 Å². The van der Waals surface area contributed by atoms with Gasteiger partial charge < -0.3 is 11.1 Å². The summed E-state index contributed by atoms with van der Waals surface area (Å²) in [7, 11) is 1.74. The third-order valence-corrected chi connectivity index (χ3v) is 4.22. The molecule has 0 spiro atoms. The van der Waals surface area contributed by atoms with Crippen LogP contribution in [0.5, 0.6) is 0 Å². The van der Waals surface area contributed by atoms with E-state index in [9.17, 15) is 8.78 Å². The normalized spacial score (nSPS) is 12.7. The molecule has 4 rings (SSSR count). The highest BCUT2D eigenvalue weighted by Gasteiger charge is 2.16. The van der Waals surface area contributed by atoms with Crippen LogP contribution in [-0.2, 0) is 6.54 Å². The predicted molar refractivity (Wildman–Crippen MR) is 96.8 cm³/mol. The molecule has 0 aliphatic carbocycles. The number of aromatic nitrogens is 7. The third kappa shape index (κ3) is 3.00. The van der Waals surface area contributed by atoms with E-state index >= 15 is 0 Å². The van der Waals surface area contributed by atoms with Crippen LogP contribution in [0.1, 0.15) is 6.42 Å². The molecule has 0 saturated carbocycles. The Morgan fingerprint density at radius 1 is 1.26 bits per heavy atom. The van der Waals surface area contributed by atoms with Gasteiger partial charge in [-0.1, -0.05) is 5.21 Å². The Labute approximate surface area is 152 Å². The van der Waals surface area contributed by atoms with Crippen LogP contribution in [0.4, 0.5) is 20.5 Å². The molecule has 27 heavy (non-hydrogen) atoms. The van der Waals surface area contributed by atoms with Crippen LogP contribution in [-0.4, -0.2) is 54.5 Å². The minimum atomic E-state index is -1.52. The zero-order valence-corrected chi connectivity index (χ0v) is 14.5. The van der Waals surface area contributed by atoms with Crippen LogP contribution < -0.4 is 11.1 Å². The molecule has 9 nitrogen and oxygen atoms in total. The first kappa shape index (κ1) is 17.1. The number of pyridine rings is 1. The first-order valence-corrected chi connectivity index (χ1v) is 8.34. The molecule has 4 aromatic rings. The number of hydrogen-bond acceptors (Lipinski definition) is 7. The zero-order valence-electron chi connectivity index (χ0n) is 14.5. The second-order valence-electron chi connectivity index (χ2n) is 5.98. The van der Waals surface area contributed by atoms with E-state index in [-0.39, 0.29) is 18.9 Å². The first-order chi connectivity index (χ1) is 13.1. The van der Waals surface area contributed by atoms with Gasteiger partial charge in [-0.15, -0.1) is 10.2 Å². The molecule has 0 aliphatic heterocycles. The minimum absolute atomic E-state index is 0.00699. The average Bonchev–Trinajstić information content (AvgIpc) is 3.28. The van der Waals surface area contributed by atoms with E-state index in [0.29, 0.717) is 22.7 Å². The molecule has 3 N–H and O–H groups in total. The smallest absolute Gasteiger partial charge is 0.240 e. The summed E-state index contributed by atoms with van der Waals surface area (Å²) >= 11 is 0. The molecule has 0 amide bonds. The summed E-state index contributed by atoms with van der Waals surface area (Å²) in [6, 6.07) is 5.45. The Morgan fingerprint density at radius 2 is 2.11 bits per heavy atom. The van der Waals surface area contributed by atoms with Crippen molar-refractivity contribution in [1.82, 2.24) is 34.6 Å². The summed E-state index contributed by atoms with van der Waals surface area (Å²) in [4.78, 5) is 8.83. The van der Waals surface area contributed by atoms with Crippen molar-refractivity contribution in [2.45, 2.75) is 19.1 Å². The molecule has 0 radical (unpaired) electrons. The molecule has 0 fully saturated rings. The van der Waals surface area contributed by atoms with Gasteiger partial charge in [-0.25, -0.2) is 23.0 Å². The first-order valence-electron chi connectivity index (χ1n) is 8.34. The van der Waals surface area contributed by atoms with Gasteiger partial charge in [0.05, 0.1) is 5.69 Å². The van der Waals surface area contributed by atoms with Gasteiger partial charge in [0, 0.05) is 31.8 Å². The molecular weight excluding hydrogens is 356 g/mol. The summed E-state index contributed by atoms with van der Waals surface area (Å²) in [5.41, 5.74) is 8.97. The average molecular weight is 373 g/mol. The van der Waals surface area contributed by atoms with Crippen LogP contribution in [0.3, 0.4) is 0 Å². The van der Waals surface area contributed by atoms with Crippen LogP contribution >= 0.6 is 0 Å². The monoisotopic (exact) mass is 373 g/mol. The van der Waals surface area contributed by atoms with E-state index in [1.807, 2.05) is 12.1 Å². The van der Waals surface area contributed by atoms with Crippen molar-refractivity contribution < 1.29 is 8.78 Å². The Balaban J connectivity index is 1.79. The number of nitrogens with zero attached hydrogens (tertiary/aromatic N) is 7. The lowest BCUT2D eigenvalue weighted by Gasteiger charge is -2.07. The van der Waals surface area contributed by atoms with Gasteiger partial charge in [0.15, 0.2) is 11.5 Å². The number of aryl methyl sites for hydroxylation is 1. The maximum absolute atomic E-state index is 13.2. The number of nitrogen functional groups attached to an aromatic ring is 1. The van der Waals surface area contributed by atoms with E-state index in [1.54, 1.807) is 23.8 Å². The molecule has 0 bridgehead atoms. The second kappa shape index (κ2) is 6.74. The fourth-order valence-electron chi connectivity index (χ4n) is 2.92. The standard InChI is InChI=1S/C16H17F2N9/c1-20-14-13-10(5-7-26(13)24-16(19)22-14)11-2-3-12-15(21-11)27(25-23-12)6-4-9(18)8-17/h2-3,5,7,9H,4,6,8H2,1H3,(H3,19,20,22,24). The number of alkyl halides is 2. The zero-order chi connectivity index (χ0) is 19.0. The van der Waals surface area contributed by atoms with E-state index in [4.69, 9.17) is 5.73 Å².